The molecule has 0 radical (unpaired) electrons. The summed E-state index contributed by atoms with van der Waals surface area (Å²) in [6, 6.07) is 7.93. The van der Waals surface area contributed by atoms with Gasteiger partial charge >= 0.3 is 0 Å². The number of nitriles is 1. The standard InChI is InChI=1S/C26H31N5O5/c1-35-22-4-2-3-19-18(22)12-20(30-19)25(34)31-15-26(6-9-36-10-7-26)13-21(31)24(33)29-17(14-27)11-16-5-8-28-23(16)32/h2-4,12,16-17,21,30H,5-11,13,15H2,1H3,(H,28,32)(H,29,33)/t16-,17-,21-/m0/s1. The molecule has 3 amide bonds. The summed E-state index contributed by atoms with van der Waals surface area (Å²) in [7, 11) is 1.58. The first-order valence-electron chi connectivity index (χ1n) is 12.5. The largest absolute Gasteiger partial charge is 0.496 e. The normalized spacial score (nSPS) is 23.9. The molecule has 1 spiro atoms. The van der Waals surface area contributed by atoms with Crippen LogP contribution < -0.4 is 15.4 Å². The smallest absolute Gasteiger partial charge is 0.271 e. The van der Waals surface area contributed by atoms with E-state index in [9.17, 15) is 19.6 Å². The van der Waals surface area contributed by atoms with E-state index < -0.39 is 12.1 Å². The van der Waals surface area contributed by atoms with Gasteiger partial charge in [-0.15, -0.1) is 0 Å². The van der Waals surface area contributed by atoms with Gasteiger partial charge in [0.2, 0.25) is 11.8 Å². The second-order valence-electron chi connectivity index (χ2n) is 10.1. The molecule has 3 aliphatic rings. The average Bonchev–Trinajstić information content (AvgIpc) is 3.60. The number of H-pyrrole nitrogens is 1. The number of rotatable bonds is 6. The molecule has 3 N–H and O–H groups in total. The molecule has 0 aliphatic carbocycles. The van der Waals surface area contributed by atoms with Crippen LogP contribution in [-0.4, -0.2) is 73.1 Å². The molecule has 5 rings (SSSR count). The van der Waals surface area contributed by atoms with E-state index >= 15 is 0 Å². The Kier molecular flexibility index (Phi) is 6.58. The van der Waals surface area contributed by atoms with Crippen LogP contribution in [-0.2, 0) is 14.3 Å². The summed E-state index contributed by atoms with van der Waals surface area (Å²) in [5.74, 6) is -0.338. The lowest BCUT2D eigenvalue weighted by atomic mass is 9.78. The number of fused-ring (bicyclic) bond motifs is 1. The first-order chi connectivity index (χ1) is 17.4. The van der Waals surface area contributed by atoms with Crippen molar-refractivity contribution in [3.63, 3.8) is 0 Å². The zero-order valence-electron chi connectivity index (χ0n) is 20.3. The van der Waals surface area contributed by atoms with Gasteiger partial charge in [-0.05, 0) is 55.7 Å². The molecule has 36 heavy (non-hydrogen) atoms. The van der Waals surface area contributed by atoms with Crippen LogP contribution in [0, 0.1) is 22.7 Å². The van der Waals surface area contributed by atoms with Crippen molar-refractivity contribution in [1.29, 1.82) is 5.26 Å². The van der Waals surface area contributed by atoms with Crippen molar-refractivity contribution in [3.05, 3.63) is 30.0 Å². The van der Waals surface area contributed by atoms with E-state index in [1.807, 2.05) is 18.2 Å². The molecule has 3 fully saturated rings. The molecule has 1 aromatic carbocycles. The second-order valence-corrected chi connectivity index (χ2v) is 10.1. The molecule has 1 aromatic heterocycles. The first-order valence-corrected chi connectivity index (χ1v) is 12.5. The highest BCUT2D eigenvalue weighted by molar-refractivity contribution is 6.02. The van der Waals surface area contributed by atoms with E-state index in [2.05, 4.69) is 21.7 Å². The molecule has 2 aromatic rings. The number of aromatic nitrogens is 1. The number of nitrogens with one attached hydrogen (secondary N) is 3. The highest BCUT2D eigenvalue weighted by Gasteiger charge is 2.49. The van der Waals surface area contributed by atoms with E-state index in [1.165, 1.54) is 0 Å². The maximum absolute atomic E-state index is 13.8. The fourth-order valence-electron chi connectivity index (χ4n) is 5.81. The van der Waals surface area contributed by atoms with E-state index in [0.717, 1.165) is 23.7 Å². The van der Waals surface area contributed by atoms with Crippen molar-refractivity contribution in [2.45, 2.75) is 44.2 Å². The van der Waals surface area contributed by atoms with Crippen molar-refractivity contribution in [1.82, 2.24) is 20.5 Å². The summed E-state index contributed by atoms with van der Waals surface area (Å²) in [5, 5.41) is 16.1. The topological polar surface area (TPSA) is 137 Å². The third kappa shape index (κ3) is 4.51. The van der Waals surface area contributed by atoms with Crippen molar-refractivity contribution in [2.75, 3.05) is 33.4 Å². The number of hydrogen-bond donors (Lipinski definition) is 3. The number of ether oxygens (including phenoxy) is 2. The van der Waals surface area contributed by atoms with Crippen molar-refractivity contribution in [3.8, 4) is 11.8 Å². The highest BCUT2D eigenvalue weighted by atomic mass is 16.5. The monoisotopic (exact) mass is 493 g/mol. The summed E-state index contributed by atoms with van der Waals surface area (Å²) in [5.41, 5.74) is 0.960. The Morgan fingerprint density at radius 1 is 1.36 bits per heavy atom. The summed E-state index contributed by atoms with van der Waals surface area (Å²) in [6.07, 6.45) is 2.96. The molecule has 3 aliphatic heterocycles. The van der Waals surface area contributed by atoms with Gasteiger partial charge in [0, 0.05) is 43.1 Å². The summed E-state index contributed by atoms with van der Waals surface area (Å²) >= 11 is 0. The Morgan fingerprint density at radius 3 is 2.86 bits per heavy atom. The molecule has 0 saturated carbocycles. The van der Waals surface area contributed by atoms with Crippen molar-refractivity contribution >= 4 is 28.6 Å². The van der Waals surface area contributed by atoms with Gasteiger partial charge in [-0.3, -0.25) is 14.4 Å². The van der Waals surface area contributed by atoms with Crippen LogP contribution in [0.25, 0.3) is 10.9 Å². The van der Waals surface area contributed by atoms with Gasteiger partial charge in [0.15, 0.2) is 0 Å². The lowest BCUT2D eigenvalue weighted by Crippen LogP contribution is -2.49. The van der Waals surface area contributed by atoms with Crippen LogP contribution in [0.5, 0.6) is 5.75 Å². The molecular formula is C26H31N5O5. The zero-order chi connectivity index (χ0) is 25.3. The Morgan fingerprint density at radius 2 is 2.17 bits per heavy atom. The molecule has 3 saturated heterocycles. The van der Waals surface area contributed by atoms with E-state index in [-0.39, 0.29) is 35.5 Å². The van der Waals surface area contributed by atoms with Gasteiger partial charge in [-0.2, -0.15) is 5.26 Å². The number of likely N-dealkylation sites (tertiary alicyclic amines) is 1. The van der Waals surface area contributed by atoms with Gasteiger partial charge in [0.25, 0.3) is 5.91 Å². The van der Waals surface area contributed by atoms with Gasteiger partial charge in [0.1, 0.15) is 23.5 Å². The SMILES string of the molecule is COc1cccc2[nH]c(C(=O)N3CC4(CCOCC4)C[C@H]3C(=O)N[C@H](C#N)C[C@@H]3CCNC3=O)cc12. The predicted octanol–water partition coefficient (Wildman–Crippen LogP) is 1.72. The number of methoxy groups -OCH3 is 1. The number of amides is 3. The molecule has 0 bridgehead atoms. The summed E-state index contributed by atoms with van der Waals surface area (Å²) < 4.78 is 11.0. The first kappa shape index (κ1) is 24.1. The fraction of sp³-hybridized carbons (Fsp3) is 0.538. The lowest BCUT2D eigenvalue weighted by molar-refractivity contribution is -0.126. The summed E-state index contributed by atoms with van der Waals surface area (Å²) in [6.45, 7) is 2.22. The number of carbonyl (C=O) groups excluding carboxylic acids is 3. The van der Waals surface area contributed by atoms with Crippen LogP contribution in [0.2, 0.25) is 0 Å². The number of hydrogen-bond acceptors (Lipinski definition) is 6. The molecule has 10 heteroatoms. The molecule has 3 atom stereocenters. The van der Waals surface area contributed by atoms with Gasteiger partial charge < -0.3 is 30.0 Å². The number of nitrogens with zero attached hydrogens (tertiary/aromatic N) is 2. The molecule has 10 nitrogen and oxygen atoms in total. The Labute approximate surface area is 209 Å². The van der Waals surface area contributed by atoms with Gasteiger partial charge in [-0.25, -0.2) is 0 Å². The molecule has 0 unspecified atom stereocenters. The third-order valence-electron chi connectivity index (χ3n) is 7.86. The minimum Gasteiger partial charge on any atom is -0.496 e. The van der Waals surface area contributed by atoms with Crippen LogP contribution in [0.3, 0.4) is 0 Å². The van der Waals surface area contributed by atoms with Crippen LogP contribution >= 0.6 is 0 Å². The number of carbonyl (C=O) groups is 3. The average molecular weight is 494 g/mol. The minimum atomic E-state index is -0.799. The summed E-state index contributed by atoms with van der Waals surface area (Å²) in [4.78, 5) is 44.0. The van der Waals surface area contributed by atoms with Gasteiger partial charge in [-0.1, -0.05) is 6.07 Å². The highest BCUT2D eigenvalue weighted by Crippen LogP contribution is 2.43. The zero-order valence-corrected chi connectivity index (χ0v) is 20.3. The predicted molar refractivity (Wildman–Crippen MR) is 130 cm³/mol. The number of aromatic amines is 1. The maximum atomic E-state index is 13.8. The van der Waals surface area contributed by atoms with Crippen LogP contribution in [0.15, 0.2) is 24.3 Å². The van der Waals surface area contributed by atoms with E-state index in [0.29, 0.717) is 50.6 Å². The Hall–Kier alpha value is -3.58. The molecular weight excluding hydrogens is 462 g/mol. The second kappa shape index (κ2) is 9.82. The van der Waals surface area contributed by atoms with E-state index in [1.54, 1.807) is 18.1 Å². The molecule has 190 valence electrons. The number of benzene rings is 1. The van der Waals surface area contributed by atoms with Crippen molar-refractivity contribution in [2.24, 2.45) is 11.3 Å². The quantitative estimate of drug-likeness (QED) is 0.561. The van der Waals surface area contributed by atoms with Crippen LogP contribution in [0.1, 0.15) is 42.6 Å². The molecule has 4 heterocycles. The Bertz CT molecular complexity index is 1210. The third-order valence-corrected chi connectivity index (χ3v) is 7.86. The van der Waals surface area contributed by atoms with Gasteiger partial charge in [0.05, 0.1) is 13.2 Å². The minimum absolute atomic E-state index is 0.0856. The Balaban J connectivity index is 1.39. The van der Waals surface area contributed by atoms with Crippen molar-refractivity contribution < 1.29 is 23.9 Å². The maximum Gasteiger partial charge on any atom is 0.271 e. The lowest BCUT2D eigenvalue weighted by Gasteiger charge is -2.32. The van der Waals surface area contributed by atoms with E-state index in [4.69, 9.17) is 9.47 Å². The fourth-order valence-corrected chi connectivity index (χ4v) is 5.81. The van der Waals surface area contributed by atoms with Crippen LogP contribution in [0.4, 0.5) is 0 Å².